The summed E-state index contributed by atoms with van der Waals surface area (Å²) in [6, 6.07) is 9.49. The van der Waals surface area contributed by atoms with Crippen LogP contribution in [0.1, 0.15) is 50.4 Å². The number of aromatic nitrogens is 5. The molecule has 0 aliphatic carbocycles. The van der Waals surface area contributed by atoms with Crippen molar-refractivity contribution in [1.29, 1.82) is 0 Å². The summed E-state index contributed by atoms with van der Waals surface area (Å²) in [5.74, 6) is -0.487. The van der Waals surface area contributed by atoms with E-state index < -0.39 is 5.82 Å². The lowest BCUT2D eigenvalue weighted by atomic mass is 9.95. The third kappa shape index (κ3) is 4.77. The van der Waals surface area contributed by atoms with Crippen LogP contribution in [-0.4, -0.2) is 48.3 Å². The Morgan fingerprint density at radius 3 is 2.66 bits per heavy atom. The number of anilines is 1. The van der Waals surface area contributed by atoms with Gasteiger partial charge in [-0.2, -0.15) is 5.10 Å². The summed E-state index contributed by atoms with van der Waals surface area (Å²) < 4.78 is 18.5. The first kappa shape index (κ1) is 27.4. The Morgan fingerprint density at radius 1 is 1.12 bits per heavy atom. The summed E-state index contributed by atoms with van der Waals surface area (Å²) in [7, 11) is 1.83. The molecule has 4 aromatic heterocycles. The number of nitrogens with zero attached hydrogens (tertiary/aromatic N) is 6. The van der Waals surface area contributed by atoms with Gasteiger partial charge in [-0.05, 0) is 69.5 Å². The van der Waals surface area contributed by atoms with Crippen LogP contribution in [0.4, 0.5) is 10.1 Å². The predicted molar refractivity (Wildman–Crippen MR) is 162 cm³/mol. The van der Waals surface area contributed by atoms with Crippen LogP contribution in [0, 0.1) is 12.7 Å². The average molecular weight is 574 g/mol. The number of pyridine rings is 3. The normalized spacial score (nSPS) is 16.7. The van der Waals surface area contributed by atoms with Crippen molar-refractivity contribution in [1.82, 2.24) is 29.2 Å². The highest BCUT2D eigenvalue weighted by atomic mass is 35.5. The van der Waals surface area contributed by atoms with E-state index in [1.807, 2.05) is 37.8 Å². The Labute approximate surface area is 242 Å². The molecule has 1 fully saturated rings. The average Bonchev–Trinajstić information content (AvgIpc) is 3.60. The van der Waals surface area contributed by atoms with Gasteiger partial charge < -0.3 is 5.32 Å². The Morgan fingerprint density at radius 2 is 1.93 bits per heavy atom. The molecule has 41 heavy (non-hydrogen) atoms. The first-order valence-electron chi connectivity index (χ1n) is 13.9. The maximum Gasteiger partial charge on any atom is 0.259 e. The molecule has 0 amide bonds. The summed E-state index contributed by atoms with van der Waals surface area (Å²) in [6.45, 7) is 10.3. The molecule has 0 saturated carbocycles. The lowest BCUT2D eigenvalue weighted by Crippen LogP contribution is -2.29. The number of rotatable bonds is 6. The van der Waals surface area contributed by atoms with E-state index in [2.05, 4.69) is 40.1 Å². The molecular weight excluding hydrogens is 541 g/mol. The molecule has 2 atom stereocenters. The fourth-order valence-electron chi connectivity index (χ4n) is 6.11. The number of halogens is 2. The monoisotopic (exact) mass is 573 g/mol. The minimum atomic E-state index is -0.487. The minimum Gasteiger partial charge on any atom is -0.377 e. The number of nitrogens with one attached hydrogen (secondary N) is 1. The van der Waals surface area contributed by atoms with E-state index in [9.17, 15) is 9.18 Å². The predicted octanol–water partition coefficient (Wildman–Crippen LogP) is 6.27. The first-order valence-corrected chi connectivity index (χ1v) is 14.3. The van der Waals surface area contributed by atoms with E-state index in [1.165, 1.54) is 6.20 Å². The molecule has 212 valence electrons. The summed E-state index contributed by atoms with van der Waals surface area (Å²) >= 11 is 6.23. The molecule has 10 heteroatoms. The van der Waals surface area contributed by atoms with Gasteiger partial charge in [-0.3, -0.25) is 19.2 Å². The van der Waals surface area contributed by atoms with Crippen LogP contribution >= 0.6 is 11.6 Å². The fraction of sp³-hybridized carbons (Fsp3) is 0.355. The summed E-state index contributed by atoms with van der Waals surface area (Å²) in [5, 5.41) is 11.1. The van der Waals surface area contributed by atoms with E-state index >= 15 is 0 Å². The van der Waals surface area contributed by atoms with Crippen LogP contribution in [0.25, 0.3) is 33.1 Å². The van der Waals surface area contributed by atoms with E-state index in [0.29, 0.717) is 28.4 Å². The van der Waals surface area contributed by atoms with E-state index in [-0.39, 0.29) is 22.8 Å². The molecule has 1 aliphatic rings. The number of aryl methyl sites for hydroxylation is 2. The van der Waals surface area contributed by atoms with Crippen molar-refractivity contribution in [3.63, 3.8) is 0 Å². The third-order valence-corrected chi connectivity index (χ3v) is 8.41. The van der Waals surface area contributed by atoms with E-state index in [0.717, 1.165) is 53.3 Å². The molecular formula is C31H33ClFN7O. The van der Waals surface area contributed by atoms with Crippen molar-refractivity contribution in [2.45, 2.75) is 52.2 Å². The lowest BCUT2D eigenvalue weighted by molar-refractivity contribution is 0.263. The zero-order valence-electron chi connectivity index (χ0n) is 23.8. The maximum atomic E-state index is 14.7. The lowest BCUT2D eigenvalue weighted by Gasteiger charge is -2.22. The second-order valence-corrected chi connectivity index (χ2v) is 11.6. The number of likely N-dealkylation sites (tertiary alicyclic amines) is 1. The Kier molecular flexibility index (Phi) is 7.03. The molecule has 0 spiro atoms. The van der Waals surface area contributed by atoms with Crippen LogP contribution < -0.4 is 10.9 Å². The highest BCUT2D eigenvalue weighted by Crippen LogP contribution is 2.36. The highest BCUT2D eigenvalue weighted by Gasteiger charge is 2.29. The van der Waals surface area contributed by atoms with Crippen molar-refractivity contribution in [3.05, 3.63) is 81.4 Å². The molecule has 1 aromatic carbocycles. The van der Waals surface area contributed by atoms with E-state index in [1.54, 1.807) is 22.8 Å². The number of benzene rings is 1. The van der Waals surface area contributed by atoms with Crippen molar-refractivity contribution >= 4 is 39.1 Å². The van der Waals surface area contributed by atoms with Crippen molar-refractivity contribution < 1.29 is 4.39 Å². The second kappa shape index (κ2) is 10.5. The van der Waals surface area contributed by atoms with Gasteiger partial charge in [0.1, 0.15) is 10.8 Å². The van der Waals surface area contributed by atoms with Gasteiger partial charge in [0.05, 0.1) is 29.8 Å². The standard InChI is InChI=1S/C31H33ClFN7O/c1-17(2)39-11-9-20(16-39)40-30-24(14-35-40)28-22(12-18(3)13-23(28)31(41)38(30)5)19(4)36-26-6-7-27(32)37-29(26)21-8-10-34-15-25(21)33/h6-8,10,12-15,17,19-20,36H,9,11,16H2,1-5H3. The Balaban J connectivity index is 1.49. The van der Waals surface area contributed by atoms with Crippen LogP contribution in [0.5, 0.6) is 0 Å². The van der Waals surface area contributed by atoms with Crippen molar-refractivity contribution in [3.8, 4) is 11.3 Å². The molecule has 1 saturated heterocycles. The first-order chi connectivity index (χ1) is 19.6. The van der Waals surface area contributed by atoms with Gasteiger partial charge in [-0.15, -0.1) is 0 Å². The quantitative estimate of drug-likeness (QED) is 0.241. The second-order valence-electron chi connectivity index (χ2n) is 11.3. The molecule has 5 aromatic rings. The Hall–Kier alpha value is -3.82. The Bertz CT molecular complexity index is 1850. The zero-order chi connectivity index (χ0) is 29.0. The summed E-state index contributed by atoms with van der Waals surface area (Å²) in [5.41, 5.74) is 4.01. The fourth-order valence-corrected chi connectivity index (χ4v) is 6.26. The van der Waals surface area contributed by atoms with Gasteiger partial charge in [0, 0.05) is 60.1 Å². The molecule has 1 N–H and O–H groups in total. The molecule has 1 aliphatic heterocycles. The number of hydrogen-bond acceptors (Lipinski definition) is 6. The SMILES string of the molecule is Cc1cc(C(C)Nc2ccc(Cl)nc2-c2ccncc2F)c2c(c1)c(=O)n(C)c1c2cnn1C1CCN(C(C)C)C1. The van der Waals surface area contributed by atoms with Gasteiger partial charge in [-0.1, -0.05) is 17.7 Å². The van der Waals surface area contributed by atoms with Gasteiger partial charge >= 0.3 is 0 Å². The van der Waals surface area contributed by atoms with Crippen LogP contribution in [0.3, 0.4) is 0 Å². The smallest absolute Gasteiger partial charge is 0.259 e. The topological polar surface area (TPSA) is 80.9 Å². The molecule has 5 heterocycles. The van der Waals surface area contributed by atoms with Gasteiger partial charge in [0.15, 0.2) is 5.82 Å². The number of fused-ring (bicyclic) bond motifs is 3. The summed E-state index contributed by atoms with van der Waals surface area (Å²) in [6.07, 6.45) is 5.56. The van der Waals surface area contributed by atoms with Crippen LogP contribution in [0.2, 0.25) is 5.15 Å². The third-order valence-electron chi connectivity index (χ3n) is 8.20. The van der Waals surface area contributed by atoms with Crippen LogP contribution in [-0.2, 0) is 7.05 Å². The van der Waals surface area contributed by atoms with Gasteiger partial charge in [0.25, 0.3) is 5.56 Å². The molecule has 2 unspecified atom stereocenters. The maximum absolute atomic E-state index is 14.7. The highest BCUT2D eigenvalue weighted by molar-refractivity contribution is 6.29. The van der Waals surface area contributed by atoms with E-state index in [4.69, 9.17) is 16.7 Å². The van der Waals surface area contributed by atoms with Gasteiger partial charge in [-0.25, -0.2) is 14.1 Å². The summed E-state index contributed by atoms with van der Waals surface area (Å²) in [4.78, 5) is 24.5. The molecule has 0 bridgehead atoms. The molecule has 8 nitrogen and oxygen atoms in total. The number of hydrogen-bond donors (Lipinski definition) is 1. The zero-order valence-corrected chi connectivity index (χ0v) is 24.6. The molecule has 6 rings (SSSR count). The van der Waals surface area contributed by atoms with Crippen molar-refractivity contribution in [2.75, 3.05) is 18.4 Å². The largest absolute Gasteiger partial charge is 0.377 e. The van der Waals surface area contributed by atoms with Gasteiger partial charge in [0.2, 0.25) is 0 Å². The van der Waals surface area contributed by atoms with Crippen molar-refractivity contribution in [2.24, 2.45) is 7.05 Å². The minimum absolute atomic E-state index is 0.0576. The molecule has 0 radical (unpaired) electrons. The van der Waals surface area contributed by atoms with Crippen LogP contribution in [0.15, 0.2) is 53.7 Å².